The Morgan fingerprint density at radius 3 is 2.45 bits per heavy atom. The monoisotopic (exact) mass is 540 g/mol. The van der Waals surface area contributed by atoms with E-state index in [1.807, 2.05) is 25.9 Å². The maximum absolute atomic E-state index is 12.4. The quantitative estimate of drug-likeness (QED) is 0.250. The molecule has 1 unspecified atom stereocenters. The van der Waals surface area contributed by atoms with Crippen molar-refractivity contribution >= 4 is 42.5 Å². The van der Waals surface area contributed by atoms with Crippen LogP contribution in [0.5, 0.6) is 0 Å². The summed E-state index contributed by atoms with van der Waals surface area (Å²) in [6.45, 7) is 8.76. The summed E-state index contributed by atoms with van der Waals surface area (Å²) in [4.78, 5) is 23.4. The van der Waals surface area contributed by atoms with Crippen LogP contribution in [-0.2, 0) is 20.3 Å². The Balaban J connectivity index is 1.51. The Labute approximate surface area is 221 Å². The molecule has 0 bridgehead atoms. The molecule has 0 aliphatic heterocycles. The van der Waals surface area contributed by atoms with Crippen LogP contribution in [0.2, 0.25) is 0 Å². The number of hydrogen-bond donors (Lipinski definition) is 2. The van der Waals surface area contributed by atoms with Crippen molar-refractivity contribution in [2.45, 2.75) is 34.4 Å². The first kappa shape index (κ1) is 27.5. The molecule has 202 valence electrons. The lowest BCUT2D eigenvalue weighted by atomic mass is 10.0. The summed E-state index contributed by atoms with van der Waals surface area (Å²) in [5, 5.41) is 6.56. The van der Waals surface area contributed by atoms with Crippen molar-refractivity contribution in [3.8, 4) is 0 Å². The van der Waals surface area contributed by atoms with Gasteiger partial charge < -0.3 is 24.5 Å². The van der Waals surface area contributed by atoms with Crippen LogP contribution < -0.4 is 16.4 Å². The molecule has 0 aliphatic rings. The molecule has 0 saturated carbocycles. The maximum Gasteiger partial charge on any atom is 0.421 e. The molecule has 0 amide bonds. The van der Waals surface area contributed by atoms with Gasteiger partial charge in [-0.05, 0) is 88.8 Å². The molecule has 4 rings (SSSR count). The van der Waals surface area contributed by atoms with Crippen molar-refractivity contribution in [3.05, 3.63) is 69.3 Å². The number of nitrogens with one attached hydrogen (secondary N) is 2. The molecule has 38 heavy (non-hydrogen) atoms. The van der Waals surface area contributed by atoms with E-state index in [-0.39, 0.29) is 13.3 Å². The van der Waals surface area contributed by atoms with Gasteiger partial charge in [-0.2, -0.15) is 4.98 Å². The number of nitrogens with zero attached hydrogens (tertiary/aromatic N) is 4. The van der Waals surface area contributed by atoms with Gasteiger partial charge in [0.2, 0.25) is 5.95 Å². The van der Waals surface area contributed by atoms with E-state index in [9.17, 15) is 9.36 Å². The SMILES string of the molecule is Cc1cnc(Nc2cc(C)c(C)c(C)c2)nc1Nc1ccc2oc(=O)n(CO[PH](=O)OCCN(C)C)c2c1. The van der Waals surface area contributed by atoms with Crippen LogP contribution in [0.1, 0.15) is 22.3 Å². The molecule has 1 atom stereocenters. The molecule has 2 aromatic heterocycles. The molecule has 2 N–H and O–H groups in total. The van der Waals surface area contributed by atoms with Crippen molar-refractivity contribution in [2.75, 3.05) is 37.9 Å². The van der Waals surface area contributed by atoms with E-state index < -0.39 is 14.0 Å². The zero-order chi connectivity index (χ0) is 27.4. The summed E-state index contributed by atoms with van der Waals surface area (Å²) in [5.41, 5.74) is 6.92. The second-order valence-electron chi connectivity index (χ2n) is 9.36. The van der Waals surface area contributed by atoms with E-state index in [1.165, 1.54) is 21.3 Å². The average molecular weight is 541 g/mol. The molecule has 0 fully saturated rings. The van der Waals surface area contributed by atoms with Crippen molar-refractivity contribution in [1.82, 2.24) is 19.4 Å². The molecule has 11 nitrogen and oxygen atoms in total. The number of aromatic nitrogens is 3. The largest absolute Gasteiger partial charge is 0.421 e. The number of likely N-dealkylation sites (N-methyl/N-ethyl adjacent to an activating group) is 1. The number of fused-ring (bicyclic) bond motifs is 1. The van der Waals surface area contributed by atoms with Crippen molar-refractivity contribution in [3.63, 3.8) is 0 Å². The third kappa shape index (κ3) is 6.68. The normalized spacial score (nSPS) is 12.3. The summed E-state index contributed by atoms with van der Waals surface area (Å²) in [6.07, 6.45) is 1.74. The molecule has 0 spiro atoms. The molecule has 2 heterocycles. The van der Waals surface area contributed by atoms with Crippen LogP contribution in [0.25, 0.3) is 11.1 Å². The zero-order valence-corrected chi connectivity index (χ0v) is 23.4. The number of benzene rings is 2. The van der Waals surface area contributed by atoms with E-state index in [0.29, 0.717) is 35.1 Å². The Morgan fingerprint density at radius 1 is 1.00 bits per heavy atom. The molecular formula is C26H33N6O5P. The summed E-state index contributed by atoms with van der Waals surface area (Å²) in [5.74, 6) is 0.443. The van der Waals surface area contributed by atoms with E-state index in [1.54, 1.807) is 24.4 Å². The first-order chi connectivity index (χ1) is 18.1. The van der Waals surface area contributed by atoms with Crippen LogP contribution in [0, 0.1) is 27.7 Å². The van der Waals surface area contributed by atoms with Gasteiger partial charge in [-0.15, -0.1) is 0 Å². The highest BCUT2D eigenvalue weighted by Crippen LogP contribution is 2.27. The van der Waals surface area contributed by atoms with Crippen LogP contribution in [0.15, 0.2) is 45.7 Å². The number of oxazole rings is 1. The average Bonchev–Trinajstić information content (AvgIpc) is 3.17. The van der Waals surface area contributed by atoms with Gasteiger partial charge in [-0.25, -0.2) is 14.3 Å². The minimum Gasteiger partial charge on any atom is -0.408 e. The topological polar surface area (TPSA) is 124 Å². The van der Waals surface area contributed by atoms with Crippen LogP contribution >= 0.6 is 8.25 Å². The lowest BCUT2D eigenvalue weighted by Crippen LogP contribution is -2.17. The van der Waals surface area contributed by atoms with Gasteiger partial charge in [0, 0.05) is 29.7 Å². The minimum absolute atomic E-state index is 0.259. The molecule has 0 saturated heterocycles. The van der Waals surface area contributed by atoms with Crippen LogP contribution in [0.3, 0.4) is 0 Å². The summed E-state index contributed by atoms with van der Waals surface area (Å²) in [7, 11) is 1.01. The lowest BCUT2D eigenvalue weighted by Gasteiger charge is -2.13. The summed E-state index contributed by atoms with van der Waals surface area (Å²) >= 11 is 0. The Bertz CT molecular complexity index is 1510. The molecule has 0 radical (unpaired) electrons. The van der Waals surface area contributed by atoms with Gasteiger partial charge in [0.25, 0.3) is 0 Å². The zero-order valence-electron chi connectivity index (χ0n) is 22.4. The van der Waals surface area contributed by atoms with E-state index in [0.717, 1.165) is 11.3 Å². The van der Waals surface area contributed by atoms with Crippen molar-refractivity contribution < 1.29 is 18.0 Å². The predicted molar refractivity (Wildman–Crippen MR) is 149 cm³/mol. The Hall–Kier alpha value is -3.50. The van der Waals surface area contributed by atoms with Gasteiger partial charge in [0.1, 0.15) is 12.5 Å². The fourth-order valence-corrected chi connectivity index (χ4v) is 4.31. The van der Waals surface area contributed by atoms with Gasteiger partial charge in [-0.3, -0.25) is 9.09 Å². The van der Waals surface area contributed by atoms with Crippen molar-refractivity contribution in [2.24, 2.45) is 0 Å². The standard InChI is InChI=1S/C26H33N6O5P/c1-16-11-21(12-17(2)19(16)4)29-25-27-14-18(3)24(30-25)28-20-7-8-23-22(13-20)32(26(33)37-23)15-36-38(34)35-10-9-31(5)6/h7-8,11-14,38H,9-10,15H2,1-6H3,(H2,27,28,29,30). The second kappa shape index (κ2) is 11.9. The predicted octanol–water partition coefficient (Wildman–Crippen LogP) is 5.05. The third-order valence-corrected chi connectivity index (χ3v) is 6.96. The van der Waals surface area contributed by atoms with Gasteiger partial charge in [0.15, 0.2) is 5.58 Å². The fraction of sp³-hybridized carbons (Fsp3) is 0.346. The fourth-order valence-electron chi connectivity index (χ4n) is 3.74. The third-order valence-electron chi connectivity index (χ3n) is 6.15. The first-order valence-electron chi connectivity index (χ1n) is 12.1. The highest BCUT2D eigenvalue weighted by molar-refractivity contribution is 7.33. The van der Waals surface area contributed by atoms with E-state index in [2.05, 4.69) is 53.5 Å². The molecule has 0 aliphatic carbocycles. The maximum atomic E-state index is 12.4. The molecule has 4 aromatic rings. The summed E-state index contributed by atoms with van der Waals surface area (Å²) in [6, 6.07) is 9.34. The second-order valence-corrected chi connectivity index (χ2v) is 10.4. The molecule has 12 heteroatoms. The highest BCUT2D eigenvalue weighted by atomic mass is 31.1. The van der Waals surface area contributed by atoms with Crippen LogP contribution in [-0.4, -0.2) is 46.7 Å². The highest BCUT2D eigenvalue weighted by Gasteiger charge is 2.13. The van der Waals surface area contributed by atoms with E-state index >= 15 is 0 Å². The van der Waals surface area contributed by atoms with Crippen molar-refractivity contribution in [1.29, 1.82) is 0 Å². The lowest BCUT2D eigenvalue weighted by molar-refractivity contribution is 0.173. The summed E-state index contributed by atoms with van der Waals surface area (Å²) < 4.78 is 29.1. The first-order valence-corrected chi connectivity index (χ1v) is 13.4. The molecular weight excluding hydrogens is 507 g/mol. The number of rotatable bonds is 11. The van der Waals surface area contributed by atoms with Gasteiger partial charge in [-0.1, -0.05) is 0 Å². The Morgan fingerprint density at radius 2 is 1.74 bits per heavy atom. The smallest absolute Gasteiger partial charge is 0.408 e. The minimum atomic E-state index is -2.76. The van der Waals surface area contributed by atoms with Gasteiger partial charge in [0.05, 0.1) is 12.1 Å². The molecule has 2 aromatic carbocycles. The Kier molecular flexibility index (Phi) is 8.63. The van der Waals surface area contributed by atoms with E-state index in [4.69, 9.17) is 13.5 Å². The van der Waals surface area contributed by atoms with Gasteiger partial charge >= 0.3 is 14.0 Å². The number of anilines is 4. The van der Waals surface area contributed by atoms with Crippen LogP contribution in [0.4, 0.5) is 23.1 Å². The number of aryl methyl sites for hydroxylation is 3. The number of hydrogen-bond acceptors (Lipinski definition) is 10.